The van der Waals surface area contributed by atoms with Gasteiger partial charge in [0.1, 0.15) is 12.4 Å². The Kier molecular flexibility index (Phi) is 8.48. The summed E-state index contributed by atoms with van der Waals surface area (Å²) in [5, 5.41) is 29.2. The Labute approximate surface area is 190 Å². The first kappa shape index (κ1) is 23.4. The Hall–Kier alpha value is -4.25. The van der Waals surface area contributed by atoms with Crippen LogP contribution in [0.25, 0.3) is 0 Å². The van der Waals surface area contributed by atoms with Crippen molar-refractivity contribution < 1.29 is 19.6 Å². The molecule has 0 bridgehead atoms. The second-order valence-electron chi connectivity index (χ2n) is 6.93. The molecule has 33 heavy (non-hydrogen) atoms. The molecule has 0 saturated carbocycles. The number of amides is 1. The molecule has 0 saturated heterocycles. The van der Waals surface area contributed by atoms with Crippen LogP contribution < -0.4 is 16.0 Å². The van der Waals surface area contributed by atoms with E-state index in [1.807, 2.05) is 30.3 Å². The number of non-ortho nitro benzene ring substituents is 1. The van der Waals surface area contributed by atoms with E-state index in [0.29, 0.717) is 36.6 Å². The summed E-state index contributed by atoms with van der Waals surface area (Å²) in [4.78, 5) is 30.7. The molecule has 0 fully saturated rings. The number of alkyl carbamates (subject to hydrolysis) is 1. The van der Waals surface area contributed by atoms with Crippen LogP contribution in [0, 0.1) is 10.1 Å². The zero-order valence-electron chi connectivity index (χ0n) is 17.7. The lowest BCUT2D eigenvalue weighted by Gasteiger charge is -2.12. The third-order valence-electron chi connectivity index (χ3n) is 4.48. The third-order valence-corrected chi connectivity index (χ3v) is 4.48. The van der Waals surface area contributed by atoms with E-state index >= 15 is 0 Å². The van der Waals surface area contributed by atoms with E-state index in [0.717, 1.165) is 5.56 Å². The predicted octanol–water partition coefficient (Wildman–Crippen LogP) is 3.35. The highest BCUT2D eigenvalue weighted by Gasteiger charge is 2.10. The van der Waals surface area contributed by atoms with E-state index < -0.39 is 11.0 Å². The third kappa shape index (κ3) is 7.43. The molecule has 0 atom stereocenters. The van der Waals surface area contributed by atoms with Gasteiger partial charge in [-0.1, -0.05) is 36.4 Å². The Morgan fingerprint density at radius 1 is 1.12 bits per heavy atom. The first-order valence-electron chi connectivity index (χ1n) is 10.2. The van der Waals surface area contributed by atoms with Gasteiger partial charge in [0.2, 0.25) is 5.95 Å². The maximum absolute atomic E-state index is 11.8. The summed E-state index contributed by atoms with van der Waals surface area (Å²) in [5.74, 6) is 0.643. The van der Waals surface area contributed by atoms with Crippen LogP contribution >= 0.6 is 0 Å². The molecule has 3 aromatic rings. The van der Waals surface area contributed by atoms with Crippen molar-refractivity contribution in [2.75, 3.05) is 23.7 Å². The molecule has 0 unspecified atom stereocenters. The minimum atomic E-state index is -0.500. The van der Waals surface area contributed by atoms with E-state index in [4.69, 9.17) is 4.74 Å². The lowest BCUT2D eigenvalue weighted by Crippen LogP contribution is -2.26. The van der Waals surface area contributed by atoms with Gasteiger partial charge in [0, 0.05) is 42.7 Å². The van der Waals surface area contributed by atoms with Gasteiger partial charge in [-0.05, 0) is 18.1 Å². The van der Waals surface area contributed by atoms with Crippen LogP contribution in [0.1, 0.15) is 17.5 Å². The number of nitrogens with one attached hydrogen (secondary N) is 3. The number of benzene rings is 2. The van der Waals surface area contributed by atoms with Crippen molar-refractivity contribution in [1.29, 1.82) is 0 Å². The highest BCUT2D eigenvalue weighted by Crippen LogP contribution is 2.21. The molecule has 1 aromatic heterocycles. The Balaban J connectivity index is 1.46. The molecule has 0 aliphatic carbocycles. The molecule has 0 spiro atoms. The van der Waals surface area contributed by atoms with Crippen molar-refractivity contribution in [2.24, 2.45) is 0 Å². The van der Waals surface area contributed by atoms with Crippen molar-refractivity contribution in [3.05, 3.63) is 82.0 Å². The smallest absolute Gasteiger partial charge is 0.407 e. The summed E-state index contributed by atoms with van der Waals surface area (Å²) in [6.45, 7) is 0.799. The molecule has 2 aromatic carbocycles. The molecule has 1 heterocycles. The zero-order chi connectivity index (χ0) is 23.5. The highest BCUT2D eigenvalue weighted by atomic mass is 16.6. The van der Waals surface area contributed by atoms with Crippen LogP contribution in [0.3, 0.4) is 0 Å². The topological polar surface area (TPSA) is 152 Å². The number of aliphatic hydroxyl groups is 1. The Bertz CT molecular complexity index is 1080. The van der Waals surface area contributed by atoms with Crippen molar-refractivity contribution in [1.82, 2.24) is 15.3 Å². The Morgan fingerprint density at radius 2 is 1.94 bits per heavy atom. The minimum absolute atomic E-state index is 0.0554. The van der Waals surface area contributed by atoms with Gasteiger partial charge in [0.25, 0.3) is 5.69 Å². The molecular formula is C22H24N6O5. The average Bonchev–Trinajstić information content (AvgIpc) is 2.83. The average molecular weight is 452 g/mol. The van der Waals surface area contributed by atoms with Crippen LogP contribution in [0.4, 0.5) is 27.9 Å². The van der Waals surface area contributed by atoms with Gasteiger partial charge < -0.3 is 25.8 Å². The largest absolute Gasteiger partial charge is 0.445 e. The fourth-order valence-electron chi connectivity index (χ4n) is 2.82. The van der Waals surface area contributed by atoms with Gasteiger partial charge in [-0.15, -0.1) is 0 Å². The summed E-state index contributed by atoms with van der Waals surface area (Å²) in [5.41, 5.74) is 1.81. The summed E-state index contributed by atoms with van der Waals surface area (Å²) >= 11 is 0. The first-order valence-corrected chi connectivity index (χ1v) is 10.2. The van der Waals surface area contributed by atoms with E-state index in [9.17, 15) is 20.0 Å². The number of rotatable bonds is 11. The number of aliphatic hydroxyl groups excluding tert-OH is 1. The fourth-order valence-corrected chi connectivity index (χ4v) is 2.82. The number of nitro groups is 1. The number of nitro benzene ring substituents is 1. The van der Waals surface area contributed by atoms with Gasteiger partial charge >= 0.3 is 6.09 Å². The second-order valence-corrected chi connectivity index (χ2v) is 6.93. The van der Waals surface area contributed by atoms with Crippen LogP contribution in [-0.2, 0) is 18.0 Å². The molecule has 11 nitrogen and oxygen atoms in total. The number of carbonyl (C=O) groups excluding carboxylic acids is 1. The van der Waals surface area contributed by atoms with Crippen LogP contribution in [0.15, 0.2) is 60.8 Å². The normalized spacial score (nSPS) is 10.3. The van der Waals surface area contributed by atoms with E-state index in [1.165, 1.54) is 18.3 Å². The summed E-state index contributed by atoms with van der Waals surface area (Å²) in [7, 11) is 0. The highest BCUT2D eigenvalue weighted by molar-refractivity contribution is 5.67. The van der Waals surface area contributed by atoms with Gasteiger partial charge in [-0.2, -0.15) is 4.98 Å². The fraction of sp³-hybridized carbons (Fsp3) is 0.227. The quantitative estimate of drug-likeness (QED) is 0.195. The van der Waals surface area contributed by atoms with Crippen molar-refractivity contribution in [2.45, 2.75) is 19.6 Å². The van der Waals surface area contributed by atoms with Gasteiger partial charge in [-0.3, -0.25) is 10.1 Å². The standard InChI is InChI=1S/C22H24N6O5/c29-14-17-13-25-21(26-18-8-4-9-19(12-18)28(31)32)27-20(17)23-10-5-11-24-22(30)33-15-16-6-2-1-3-7-16/h1-4,6-9,12-13,29H,5,10-11,14-15H2,(H,24,30)(H2,23,25,26,27). The predicted molar refractivity (Wildman–Crippen MR) is 122 cm³/mol. The molecular weight excluding hydrogens is 428 g/mol. The molecule has 0 aliphatic rings. The van der Waals surface area contributed by atoms with E-state index in [1.54, 1.807) is 12.1 Å². The lowest BCUT2D eigenvalue weighted by molar-refractivity contribution is -0.384. The molecule has 4 N–H and O–H groups in total. The molecule has 0 radical (unpaired) electrons. The summed E-state index contributed by atoms with van der Waals surface area (Å²) in [6.07, 6.45) is 1.55. The SMILES string of the molecule is O=C(NCCCNc1nc(Nc2cccc([N+](=O)[O-])c2)ncc1CO)OCc1ccccc1. The molecule has 3 rings (SSSR count). The summed E-state index contributed by atoms with van der Waals surface area (Å²) < 4.78 is 5.15. The number of hydrogen-bond donors (Lipinski definition) is 4. The monoisotopic (exact) mass is 452 g/mol. The zero-order valence-corrected chi connectivity index (χ0v) is 17.7. The number of carbonyl (C=O) groups is 1. The molecule has 1 amide bonds. The number of nitrogens with zero attached hydrogens (tertiary/aromatic N) is 3. The number of hydrogen-bond acceptors (Lipinski definition) is 9. The minimum Gasteiger partial charge on any atom is -0.445 e. The van der Waals surface area contributed by atoms with E-state index in [-0.39, 0.29) is 24.8 Å². The van der Waals surface area contributed by atoms with Crippen LogP contribution in [0.5, 0.6) is 0 Å². The van der Waals surface area contributed by atoms with Gasteiger partial charge in [0.05, 0.1) is 11.5 Å². The van der Waals surface area contributed by atoms with Crippen molar-refractivity contribution in [3.63, 3.8) is 0 Å². The molecule has 172 valence electrons. The first-order chi connectivity index (χ1) is 16.0. The molecule has 0 aliphatic heterocycles. The van der Waals surface area contributed by atoms with Gasteiger partial charge in [0.15, 0.2) is 0 Å². The second kappa shape index (κ2) is 12.0. The molecule has 11 heteroatoms. The van der Waals surface area contributed by atoms with Gasteiger partial charge in [-0.25, -0.2) is 9.78 Å². The maximum Gasteiger partial charge on any atom is 0.407 e. The lowest BCUT2D eigenvalue weighted by atomic mass is 10.2. The summed E-state index contributed by atoms with van der Waals surface area (Å²) in [6, 6.07) is 15.4. The Morgan fingerprint density at radius 3 is 2.70 bits per heavy atom. The van der Waals surface area contributed by atoms with Crippen LogP contribution in [0.2, 0.25) is 0 Å². The number of ether oxygens (including phenoxy) is 1. The number of aromatic nitrogens is 2. The number of anilines is 3. The maximum atomic E-state index is 11.8. The van der Waals surface area contributed by atoms with Crippen molar-refractivity contribution in [3.8, 4) is 0 Å². The van der Waals surface area contributed by atoms with E-state index in [2.05, 4.69) is 25.9 Å². The van der Waals surface area contributed by atoms with Crippen LogP contribution in [-0.4, -0.2) is 39.2 Å². The van der Waals surface area contributed by atoms with Crippen molar-refractivity contribution >= 4 is 29.2 Å².